The van der Waals surface area contributed by atoms with Crippen LogP contribution < -0.4 is 0 Å². The SMILES string of the molecule is Cc1c(CN2CC(=O)N(CC(C)C)CC(OCc3ccncc3)C2)cnn1C. The lowest BCUT2D eigenvalue weighted by Crippen LogP contribution is -2.40. The van der Waals surface area contributed by atoms with Gasteiger partial charge in [-0.1, -0.05) is 13.8 Å². The normalized spacial score (nSPS) is 18.7. The summed E-state index contributed by atoms with van der Waals surface area (Å²) in [6.07, 6.45) is 5.41. The van der Waals surface area contributed by atoms with Gasteiger partial charge < -0.3 is 9.64 Å². The quantitative estimate of drug-likeness (QED) is 0.730. The molecule has 7 nitrogen and oxygen atoms in total. The van der Waals surface area contributed by atoms with Gasteiger partial charge in [-0.25, -0.2) is 0 Å². The zero-order valence-electron chi connectivity index (χ0n) is 17.3. The molecule has 0 bridgehead atoms. The molecule has 0 saturated carbocycles. The fraction of sp³-hybridized carbons (Fsp3) is 0.571. The first-order valence-corrected chi connectivity index (χ1v) is 9.90. The standard InChI is InChI=1S/C21H31N5O2/c1-16(2)10-26-13-20(28-15-18-5-7-22-8-6-18)12-25(14-21(26)27)11-19-9-23-24(4)17(19)3/h5-9,16,20H,10-15H2,1-4H3. The van der Waals surface area contributed by atoms with E-state index in [2.05, 4.69) is 35.8 Å². The Morgan fingerprint density at radius 2 is 2.00 bits per heavy atom. The number of aromatic nitrogens is 3. The molecule has 3 rings (SSSR count). The second-order valence-electron chi connectivity index (χ2n) is 8.03. The minimum absolute atomic E-state index is 0.0321. The predicted molar refractivity (Wildman–Crippen MR) is 107 cm³/mol. The van der Waals surface area contributed by atoms with Crippen LogP contribution in [0.2, 0.25) is 0 Å². The first kappa shape index (κ1) is 20.5. The van der Waals surface area contributed by atoms with Crippen LogP contribution in [0, 0.1) is 12.8 Å². The van der Waals surface area contributed by atoms with E-state index in [1.54, 1.807) is 12.4 Å². The number of aryl methyl sites for hydroxylation is 1. The highest BCUT2D eigenvalue weighted by Crippen LogP contribution is 2.16. The molecule has 0 radical (unpaired) electrons. The molecule has 1 amide bonds. The third-order valence-corrected chi connectivity index (χ3v) is 5.15. The molecule has 1 unspecified atom stereocenters. The lowest BCUT2D eigenvalue weighted by Gasteiger charge is -2.26. The van der Waals surface area contributed by atoms with Gasteiger partial charge in [0, 0.05) is 56.9 Å². The van der Waals surface area contributed by atoms with Gasteiger partial charge in [-0.2, -0.15) is 5.10 Å². The van der Waals surface area contributed by atoms with Crippen LogP contribution in [-0.2, 0) is 29.7 Å². The smallest absolute Gasteiger partial charge is 0.236 e. The summed E-state index contributed by atoms with van der Waals surface area (Å²) in [5, 5.41) is 4.33. The number of pyridine rings is 1. The molecule has 2 aromatic heterocycles. The lowest BCUT2D eigenvalue weighted by atomic mass is 10.2. The minimum Gasteiger partial charge on any atom is -0.370 e. The molecule has 0 N–H and O–H groups in total. The van der Waals surface area contributed by atoms with Gasteiger partial charge in [0.15, 0.2) is 0 Å². The van der Waals surface area contributed by atoms with E-state index in [4.69, 9.17) is 4.74 Å². The number of rotatable bonds is 7. The van der Waals surface area contributed by atoms with Crippen molar-refractivity contribution in [2.45, 2.75) is 40.0 Å². The van der Waals surface area contributed by atoms with Gasteiger partial charge in [-0.3, -0.25) is 19.4 Å². The third-order valence-electron chi connectivity index (χ3n) is 5.15. The molecule has 1 aliphatic heterocycles. The zero-order valence-corrected chi connectivity index (χ0v) is 17.3. The van der Waals surface area contributed by atoms with Crippen molar-refractivity contribution >= 4 is 5.91 Å². The van der Waals surface area contributed by atoms with E-state index in [1.165, 1.54) is 0 Å². The summed E-state index contributed by atoms with van der Waals surface area (Å²) in [5.74, 6) is 0.599. The topological polar surface area (TPSA) is 63.5 Å². The van der Waals surface area contributed by atoms with E-state index in [0.717, 1.165) is 29.9 Å². The van der Waals surface area contributed by atoms with Gasteiger partial charge >= 0.3 is 0 Å². The van der Waals surface area contributed by atoms with Crippen molar-refractivity contribution in [3.63, 3.8) is 0 Å². The van der Waals surface area contributed by atoms with E-state index in [-0.39, 0.29) is 12.0 Å². The van der Waals surface area contributed by atoms with Crippen molar-refractivity contribution < 1.29 is 9.53 Å². The Morgan fingerprint density at radius 1 is 1.25 bits per heavy atom. The van der Waals surface area contributed by atoms with Crippen molar-refractivity contribution in [1.29, 1.82) is 0 Å². The summed E-state index contributed by atoms with van der Waals surface area (Å²) in [5.41, 5.74) is 3.38. The maximum absolute atomic E-state index is 12.9. The molecule has 0 spiro atoms. The summed E-state index contributed by atoms with van der Waals surface area (Å²) < 4.78 is 8.10. The Morgan fingerprint density at radius 3 is 2.64 bits per heavy atom. The van der Waals surface area contributed by atoms with Crippen LogP contribution in [-0.4, -0.2) is 62.8 Å². The van der Waals surface area contributed by atoms with Crippen LogP contribution in [0.3, 0.4) is 0 Å². The highest BCUT2D eigenvalue weighted by molar-refractivity contribution is 5.78. The number of hydrogen-bond donors (Lipinski definition) is 0. The average Bonchev–Trinajstić information content (AvgIpc) is 2.89. The van der Waals surface area contributed by atoms with E-state index >= 15 is 0 Å². The maximum atomic E-state index is 12.9. The summed E-state index contributed by atoms with van der Waals surface area (Å²) in [7, 11) is 1.94. The molecule has 0 aliphatic carbocycles. The number of amides is 1. The molecule has 7 heteroatoms. The highest BCUT2D eigenvalue weighted by atomic mass is 16.5. The van der Waals surface area contributed by atoms with Gasteiger partial charge in [0.2, 0.25) is 5.91 Å². The molecular formula is C21H31N5O2. The number of ether oxygens (including phenoxy) is 1. The van der Waals surface area contributed by atoms with Crippen molar-refractivity contribution in [3.8, 4) is 0 Å². The van der Waals surface area contributed by atoms with E-state index in [9.17, 15) is 4.79 Å². The number of nitrogens with zero attached hydrogens (tertiary/aromatic N) is 5. The first-order chi connectivity index (χ1) is 13.4. The summed E-state index contributed by atoms with van der Waals surface area (Å²) in [6.45, 7) is 10.1. The Balaban J connectivity index is 1.71. The van der Waals surface area contributed by atoms with Crippen LogP contribution in [0.5, 0.6) is 0 Å². The van der Waals surface area contributed by atoms with Crippen LogP contribution in [0.1, 0.15) is 30.7 Å². The number of carbonyl (C=O) groups excluding carboxylic acids is 1. The number of hydrogen-bond acceptors (Lipinski definition) is 5. The van der Waals surface area contributed by atoms with Crippen LogP contribution >= 0.6 is 0 Å². The summed E-state index contributed by atoms with van der Waals surface area (Å²) in [4.78, 5) is 21.1. The molecule has 28 heavy (non-hydrogen) atoms. The first-order valence-electron chi connectivity index (χ1n) is 9.90. The molecule has 0 aromatic carbocycles. The molecule has 3 heterocycles. The second kappa shape index (κ2) is 9.30. The van der Waals surface area contributed by atoms with E-state index < -0.39 is 0 Å². The monoisotopic (exact) mass is 385 g/mol. The third kappa shape index (κ3) is 5.39. The highest BCUT2D eigenvalue weighted by Gasteiger charge is 2.29. The lowest BCUT2D eigenvalue weighted by molar-refractivity contribution is -0.132. The van der Waals surface area contributed by atoms with Crippen LogP contribution in [0.4, 0.5) is 0 Å². The second-order valence-corrected chi connectivity index (χ2v) is 8.03. The van der Waals surface area contributed by atoms with Gasteiger partial charge in [0.1, 0.15) is 0 Å². The van der Waals surface area contributed by atoms with Gasteiger partial charge in [0.25, 0.3) is 0 Å². The van der Waals surface area contributed by atoms with Crippen molar-refractivity contribution in [3.05, 3.63) is 47.5 Å². The Bertz CT molecular complexity index is 774. The fourth-order valence-corrected chi connectivity index (χ4v) is 3.53. The molecule has 1 saturated heterocycles. The van der Waals surface area contributed by atoms with Crippen molar-refractivity contribution in [2.75, 3.05) is 26.2 Å². The molecule has 1 aliphatic rings. The van der Waals surface area contributed by atoms with Gasteiger partial charge in [-0.05, 0) is 30.5 Å². The zero-order chi connectivity index (χ0) is 20.1. The summed E-state index contributed by atoms with van der Waals surface area (Å²) in [6, 6.07) is 3.93. The van der Waals surface area contributed by atoms with Crippen molar-refractivity contribution in [1.82, 2.24) is 24.6 Å². The van der Waals surface area contributed by atoms with Gasteiger partial charge in [0.05, 0.1) is 25.5 Å². The molecule has 1 fully saturated rings. The van der Waals surface area contributed by atoms with Crippen LogP contribution in [0.25, 0.3) is 0 Å². The van der Waals surface area contributed by atoms with Gasteiger partial charge in [-0.15, -0.1) is 0 Å². The Kier molecular flexibility index (Phi) is 6.80. The molecular weight excluding hydrogens is 354 g/mol. The number of carbonyl (C=O) groups is 1. The molecule has 1 atom stereocenters. The molecule has 2 aromatic rings. The minimum atomic E-state index is -0.0321. The van der Waals surface area contributed by atoms with Crippen molar-refractivity contribution in [2.24, 2.45) is 13.0 Å². The molecule has 152 valence electrons. The predicted octanol–water partition coefficient (Wildman–Crippen LogP) is 2.01. The largest absolute Gasteiger partial charge is 0.370 e. The Hall–Kier alpha value is -2.25. The maximum Gasteiger partial charge on any atom is 0.236 e. The Labute approximate surface area is 167 Å². The summed E-state index contributed by atoms with van der Waals surface area (Å²) >= 11 is 0. The fourth-order valence-electron chi connectivity index (χ4n) is 3.53. The van der Waals surface area contributed by atoms with E-state index in [0.29, 0.717) is 32.2 Å². The van der Waals surface area contributed by atoms with Crippen LogP contribution in [0.15, 0.2) is 30.7 Å². The van der Waals surface area contributed by atoms with E-state index in [1.807, 2.05) is 35.0 Å². The average molecular weight is 386 g/mol.